The molecule has 0 radical (unpaired) electrons. The Morgan fingerprint density at radius 2 is 2.50 bits per heavy atom. The Hall–Kier alpha value is -0.0400. The molecule has 0 saturated carbocycles. The van der Waals surface area contributed by atoms with E-state index in [2.05, 4.69) is 27.4 Å². The molecule has 0 saturated heterocycles. The van der Waals surface area contributed by atoms with Gasteiger partial charge in [-0.1, -0.05) is 22.6 Å². The molecule has 48 valence electrons. The van der Waals surface area contributed by atoms with Crippen LogP contribution in [-0.4, -0.2) is 22.2 Å². The molecule has 4 nitrogen and oxygen atoms in total. The van der Waals surface area contributed by atoms with Crippen LogP contribution in [0.5, 0.6) is 0 Å². The summed E-state index contributed by atoms with van der Waals surface area (Å²) in [5.74, 6) is 0. The number of hydrogen-bond donors (Lipinski definition) is 2. The molecule has 5 heteroatoms. The Bertz CT molecular complexity index is 76.9. The fraction of sp³-hybridized carbons (Fsp3) is 0.667. The van der Waals surface area contributed by atoms with Crippen molar-refractivity contribution in [2.24, 2.45) is 0 Å². The summed E-state index contributed by atoms with van der Waals surface area (Å²) < 4.78 is 0.776. The van der Waals surface area contributed by atoms with Crippen molar-refractivity contribution in [2.75, 3.05) is 11.0 Å². The highest BCUT2D eigenvalue weighted by Gasteiger charge is 1.89. The van der Waals surface area contributed by atoms with Crippen molar-refractivity contribution in [3.63, 3.8) is 0 Å². The van der Waals surface area contributed by atoms with E-state index >= 15 is 0 Å². The minimum absolute atomic E-state index is 0.410. The number of hydroxylamine groups is 1. The predicted octanol–water partition coefficient (Wildman–Crippen LogP) is 0.621. The predicted molar refractivity (Wildman–Crippen MR) is 36.0 cm³/mol. The lowest BCUT2D eigenvalue weighted by atomic mass is 10.9. The van der Waals surface area contributed by atoms with E-state index in [1.807, 2.05) is 0 Å². The Labute approximate surface area is 60.3 Å². The Kier molecular flexibility index (Phi) is 5.08. The molecule has 0 aromatic carbocycles. The van der Waals surface area contributed by atoms with E-state index in [4.69, 9.17) is 5.11 Å². The lowest BCUT2D eigenvalue weighted by Crippen LogP contribution is -2.21. The largest absolute Gasteiger partial charge is 0.464 e. The highest BCUT2D eigenvalue weighted by molar-refractivity contribution is 14.1. The van der Waals surface area contributed by atoms with Crippen LogP contribution in [-0.2, 0) is 4.84 Å². The first-order valence-electron chi connectivity index (χ1n) is 1.94. The normalized spacial score (nSPS) is 8.62. The number of amides is 1. The van der Waals surface area contributed by atoms with Crippen LogP contribution >= 0.6 is 22.6 Å². The molecule has 0 spiro atoms. The van der Waals surface area contributed by atoms with Crippen molar-refractivity contribution in [1.29, 1.82) is 0 Å². The zero-order valence-corrected chi connectivity index (χ0v) is 6.21. The Morgan fingerprint density at radius 3 is 2.88 bits per heavy atom. The summed E-state index contributed by atoms with van der Waals surface area (Å²) in [5, 5.41) is 7.90. The van der Waals surface area contributed by atoms with E-state index < -0.39 is 6.09 Å². The molecule has 0 aromatic heterocycles. The number of carboxylic acid groups (broad SMARTS) is 1. The fourth-order valence-corrected chi connectivity index (χ4v) is 0.372. The van der Waals surface area contributed by atoms with Crippen LogP contribution in [0.15, 0.2) is 0 Å². The molecule has 0 bridgehead atoms. The standard InChI is InChI=1S/C3H6INO3/c4-1-2-8-5-3(6)7/h5H,1-2H2,(H,6,7). The SMILES string of the molecule is O=C(O)NOCCI. The molecular formula is C3H6INO3. The van der Waals surface area contributed by atoms with Crippen molar-refractivity contribution >= 4 is 28.7 Å². The van der Waals surface area contributed by atoms with E-state index in [0.29, 0.717) is 6.61 Å². The van der Waals surface area contributed by atoms with Crippen LogP contribution in [0.25, 0.3) is 0 Å². The van der Waals surface area contributed by atoms with Gasteiger partial charge in [0.1, 0.15) is 0 Å². The first-order chi connectivity index (χ1) is 3.77. The third kappa shape index (κ3) is 5.96. The molecule has 0 unspecified atom stereocenters. The lowest BCUT2D eigenvalue weighted by Gasteiger charge is -1.96. The molecule has 0 rings (SSSR count). The Morgan fingerprint density at radius 1 is 1.88 bits per heavy atom. The van der Waals surface area contributed by atoms with Crippen molar-refractivity contribution in [2.45, 2.75) is 0 Å². The quantitative estimate of drug-likeness (QED) is 0.324. The van der Waals surface area contributed by atoms with Crippen LogP contribution in [0.4, 0.5) is 4.79 Å². The summed E-state index contributed by atoms with van der Waals surface area (Å²) in [4.78, 5) is 14.0. The number of hydrogen-bond acceptors (Lipinski definition) is 2. The van der Waals surface area contributed by atoms with E-state index in [1.165, 1.54) is 0 Å². The summed E-state index contributed by atoms with van der Waals surface area (Å²) in [6.07, 6.45) is -1.16. The first-order valence-corrected chi connectivity index (χ1v) is 3.46. The van der Waals surface area contributed by atoms with Crippen LogP contribution in [0.1, 0.15) is 0 Å². The topological polar surface area (TPSA) is 58.6 Å². The highest BCUT2D eigenvalue weighted by Crippen LogP contribution is 1.78. The minimum atomic E-state index is -1.16. The van der Waals surface area contributed by atoms with Crippen molar-refractivity contribution in [3.8, 4) is 0 Å². The van der Waals surface area contributed by atoms with Gasteiger partial charge < -0.3 is 5.11 Å². The van der Waals surface area contributed by atoms with Gasteiger partial charge in [-0.05, 0) is 0 Å². The summed E-state index contributed by atoms with van der Waals surface area (Å²) >= 11 is 2.08. The maximum atomic E-state index is 9.64. The zero-order valence-electron chi connectivity index (χ0n) is 4.06. The van der Waals surface area contributed by atoms with E-state index in [1.54, 1.807) is 5.48 Å². The fourth-order valence-electron chi connectivity index (χ4n) is 0.151. The van der Waals surface area contributed by atoms with Crippen molar-refractivity contribution < 1.29 is 14.7 Å². The summed E-state index contributed by atoms with van der Waals surface area (Å²) in [6.45, 7) is 0.410. The van der Waals surface area contributed by atoms with Gasteiger partial charge in [0.15, 0.2) is 0 Å². The van der Waals surface area contributed by atoms with Gasteiger partial charge in [-0.2, -0.15) is 5.48 Å². The summed E-state index contributed by atoms with van der Waals surface area (Å²) in [5.41, 5.74) is 1.76. The van der Waals surface area contributed by atoms with Gasteiger partial charge in [-0.15, -0.1) is 0 Å². The molecule has 0 aliphatic heterocycles. The van der Waals surface area contributed by atoms with Crippen LogP contribution in [0.3, 0.4) is 0 Å². The minimum Gasteiger partial charge on any atom is -0.464 e. The molecule has 0 aromatic rings. The Balaban J connectivity index is 2.82. The van der Waals surface area contributed by atoms with Crippen molar-refractivity contribution in [3.05, 3.63) is 0 Å². The number of alkyl halides is 1. The molecular weight excluding hydrogens is 225 g/mol. The molecule has 2 N–H and O–H groups in total. The smallest absolute Gasteiger partial charge is 0.428 e. The van der Waals surface area contributed by atoms with Crippen LogP contribution < -0.4 is 5.48 Å². The second-order valence-corrected chi connectivity index (χ2v) is 2.02. The second-order valence-electron chi connectivity index (χ2n) is 0.945. The van der Waals surface area contributed by atoms with Gasteiger partial charge in [-0.25, -0.2) is 4.79 Å². The third-order valence-electron chi connectivity index (χ3n) is 0.339. The number of carbonyl (C=O) groups is 1. The van der Waals surface area contributed by atoms with Crippen molar-refractivity contribution in [1.82, 2.24) is 5.48 Å². The zero-order chi connectivity index (χ0) is 6.41. The maximum absolute atomic E-state index is 9.64. The average molecular weight is 231 g/mol. The van der Waals surface area contributed by atoms with Gasteiger partial charge in [0.25, 0.3) is 0 Å². The van der Waals surface area contributed by atoms with Crippen LogP contribution in [0, 0.1) is 0 Å². The van der Waals surface area contributed by atoms with Gasteiger partial charge in [0.2, 0.25) is 0 Å². The molecule has 0 atom stereocenters. The monoisotopic (exact) mass is 231 g/mol. The van der Waals surface area contributed by atoms with E-state index in [0.717, 1.165) is 4.43 Å². The molecule has 1 amide bonds. The molecule has 0 aliphatic rings. The summed E-state index contributed by atoms with van der Waals surface area (Å²) in [7, 11) is 0. The molecule has 8 heavy (non-hydrogen) atoms. The number of rotatable bonds is 3. The first kappa shape index (κ1) is 7.96. The molecule has 0 fully saturated rings. The van der Waals surface area contributed by atoms with Gasteiger partial charge in [-0.3, -0.25) is 4.84 Å². The molecule has 0 heterocycles. The van der Waals surface area contributed by atoms with E-state index in [9.17, 15) is 4.79 Å². The second kappa shape index (κ2) is 5.10. The van der Waals surface area contributed by atoms with Gasteiger partial charge >= 0.3 is 6.09 Å². The van der Waals surface area contributed by atoms with Gasteiger partial charge in [0, 0.05) is 4.43 Å². The third-order valence-corrected chi connectivity index (χ3v) is 0.779. The summed E-state index contributed by atoms with van der Waals surface area (Å²) in [6, 6.07) is 0. The highest BCUT2D eigenvalue weighted by atomic mass is 127. The average Bonchev–Trinajstić information content (AvgIpc) is 1.66. The number of nitrogens with one attached hydrogen (secondary N) is 1. The number of halogens is 1. The van der Waals surface area contributed by atoms with E-state index in [-0.39, 0.29) is 0 Å². The molecule has 0 aliphatic carbocycles. The lowest BCUT2D eigenvalue weighted by molar-refractivity contribution is 0.0527. The van der Waals surface area contributed by atoms with Gasteiger partial charge in [0.05, 0.1) is 6.61 Å². The maximum Gasteiger partial charge on any atom is 0.428 e. The van der Waals surface area contributed by atoms with Crippen LogP contribution in [0.2, 0.25) is 0 Å².